The third-order valence-electron chi connectivity index (χ3n) is 3.18. The molecule has 0 aromatic heterocycles. The summed E-state index contributed by atoms with van der Waals surface area (Å²) in [5, 5.41) is 0. The minimum absolute atomic E-state index is 0.116. The van der Waals surface area contributed by atoms with Crippen LogP contribution >= 0.6 is 15.9 Å². The molecule has 0 spiro atoms. The Morgan fingerprint density at radius 2 is 1.83 bits per heavy atom. The van der Waals surface area contributed by atoms with Gasteiger partial charge in [0.1, 0.15) is 5.75 Å². The molecule has 0 aliphatic rings. The van der Waals surface area contributed by atoms with Crippen LogP contribution in [0.4, 0.5) is 0 Å². The van der Waals surface area contributed by atoms with E-state index in [0.29, 0.717) is 5.56 Å². The SMILES string of the molecule is CCN(CC(=O)N(C)C)C(=O)CS(=O)(=O)Cc1cccc(Br)c1. The standard InChI is InChI=1S/C15H21BrN2O4S/c1-4-18(9-14(19)17(2)3)15(20)11-23(21,22)10-12-6-5-7-13(16)8-12/h5-8H,4,9-11H2,1-3H3. The highest BCUT2D eigenvalue weighted by Crippen LogP contribution is 2.14. The summed E-state index contributed by atoms with van der Waals surface area (Å²) in [6, 6.07) is 6.94. The summed E-state index contributed by atoms with van der Waals surface area (Å²) in [4.78, 5) is 26.5. The van der Waals surface area contributed by atoms with E-state index < -0.39 is 21.5 Å². The molecule has 0 unspecified atom stereocenters. The number of hydrogen-bond acceptors (Lipinski definition) is 4. The first-order chi connectivity index (χ1) is 10.6. The van der Waals surface area contributed by atoms with E-state index in [9.17, 15) is 18.0 Å². The first-order valence-corrected chi connectivity index (χ1v) is 9.69. The quantitative estimate of drug-likeness (QED) is 0.686. The van der Waals surface area contributed by atoms with Crippen LogP contribution in [0, 0.1) is 0 Å². The van der Waals surface area contributed by atoms with Crippen molar-refractivity contribution in [2.45, 2.75) is 12.7 Å². The predicted molar refractivity (Wildman–Crippen MR) is 92.6 cm³/mol. The highest BCUT2D eigenvalue weighted by atomic mass is 79.9. The second kappa shape index (κ2) is 8.44. The molecule has 0 aliphatic carbocycles. The number of benzene rings is 1. The second-order valence-corrected chi connectivity index (χ2v) is 8.34. The lowest BCUT2D eigenvalue weighted by atomic mass is 10.2. The van der Waals surface area contributed by atoms with E-state index in [0.717, 1.165) is 4.47 Å². The first-order valence-electron chi connectivity index (χ1n) is 7.07. The Bertz CT molecular complexity index is 674. The number of amides is 2. The molecular weight excluding hydrogens is 384 g/mol. The third-order valence-corrected chi connectivity index (χ3v) is 5.13. The fourth-order valence-electron chi connectivity index (χ4n) is 1.89. The Hall–Kier alpha value is -1.41. The number of carbonyl (C=O) groups is 2. The van der Waals surface area contributed by atoms with Crippen molar-refractivity contribution in [2.24, 2.45) is 0 Å². The summed E-state index contributed by atoms with van der Waals surface area (Å²) in [5.41, 5.74) is 0.611. The van der Waals surface area contributed by atoms with E-state index in [-0.39, 0.29) is 24.7 Å². The van der Waals surface area contributed by atoms with E-state index in [1.807, 2.05) is 0 Å². The average Bonchev–Trinajstić information content (AvgIpc) is 2.42. The van der Waals surface area contributed by atoms with Gasteiger partial charge in [-0.2, -0.15) is 0 Å². The Morgan fingerprint density at radius 3 is 2.35 bits per heavy atom. The molecule has 0 heterocycles. The van der Waals surface area contributed by atoms with Crippen molar-refractivity contribution in [1.29, 1.82) is 0 Å². The van der Waals surface area contributed by atoms with Crippen LogP contribution in [0.2, 0.25) is 0 Å². The molecule has 23 heavy (non-hydrogen) atoms. The zero-order chi connectivity index (χ0) is 17.6. The Balaban J connectivity index is 2.75. The van der Waals surface area contributed by atoms with Gasteiger partial charge < -0.3 is 9.80 Å². The molecule has 0 saturated heterocycles. The van der Waals surface area contributed by atoms with Crippen molar-refractivity contribution in [3.05, 3.63) is 34.3 Å². The molecule has 0 bridgehead atoms. The molecule has 0 atom stereocenters. The fourth-order valence-corrected chi connectivity index (χ4v) is 3.69. The number of carbonyl (C=O) groups excluding carboxylic acids is 2. The summed E-state index contributed by atoms with van der Waals surface area (Å²) in [6.45, 7) is 1.88. The molecule has 1 rings (SSSR count). The Morgan fingerprint density at radius 1 is 1.17 bits per heavy atom. The molecule has 0 saturated carbocycles. The summed E-state index contributed by atoms with van der Waals surface area (Å²) in [5.74, 6) is -1.62. The number of hydrogen-bond donors (Lipinski definition) is 0. The van der Waals surface area contributed by atoms with E-state index in [1.165, 1.54) is 9.80 Å². The van der Waals surface area contributed by atoms with Gasteiger partial charge in [0.15, 0.2) is 9.84 Å². The van der Waals surface area contributed by atoms with Crippen molar-refractivity contribution in [1.82, 2.24) is 9.80 Å². The second-order valence-electron chi connectivity index (χ2n) is 5.36. The highest BCUT2D eigenvalue weighted by Gasteiger charge is 2.23. The first kappa shape index (κ1) is 19.6. The molecule has 0 radical (unpaired) electrons. The van der Waals surface area contributed by atoms with Crippen molar-refractivity contribution in [3.8, 4) is 0 Å². The topological polar surface area (TPSA) is 74.8 Å². The molecule has 128 valence electrons. The van der Waals surface area contributed by atoms with Crippen molar-refractivity contribution in [2.75, 3.05) is 32.9 Å². The molecular formula is C15H21BrN2O4S. The van der Waals surface area contributed by atoms with E-state index in [1.54, 1.807) is 45.3 Å². The van der Waals surface area contributed by atoms with Crippen molar-refractivity contribution in [3.63, 3.8) is 0 Å². The van der Waals surface area contributed by atoms with Gasteiger partial charge in [-0.1, -0.05) is 28.1 Å². The third kappa shape index (κ3) is 6.70. The maximum atomic E-state index is 12.2. The smallest absolute Gasteiger partial charge is 0.241 e. The lowest BCUT2D eigenvalue weighted by Gasteiger charge is -2.22. The highest BCUT2D eigenvalue weighted by molar-refractivity contribution is 9.10. The molecule has 2 amide bonds. The number of rotatable bonds is 7. The van der Waals surface area contributed by atoms with Gasteiger partial charge in [-0.3, -0.25) is 9.59 Å². The van der Waals surface area contributed by atoms with E-state index in [2.05, 4.69) is 15.9 Å². The van der Waals surface area contributed by atoms with E-state index >= 15 is 0 Å². The molecule has 0 N–H and O–H groups in total. The van der Waals surface area contributed by atoms with Crippen molar-refractivity contribution >= 4 is 37.6 Å². The monoisotopic (exact) mass is 404 g/mol. The van der Waals surface area contributed by atoms with Gasteiger partial charge in [0.25, 0.3) is 0 Å². The lowest BCUT2D eigenvalue weighted by molar-refractivity contribution is -0.137. The number of likely N-dealkylation sites (N-methyl/N-ethyl adjacent to an activating group) is 2. The van der Waals surface area contributed by atoms with Gasteiger partial charge in [-0.25, -0.2) is 8.42 Å². The van der Waals surface area contributed by atoms with Crippen LogP contribution < -0.4 is 0 Å². The largest absolute Gasteiger partial charge is 0.347 e. The summed E-state index contributed by atoms with van der Waals surface area (Å²) >= 11 is 3.28. The number of halogens is 1. The van der Waals surface area contributed by atoms with Gasteiger partial charge in [0, 0.05) is 25.1 Å². The molecule has 1 aromatic rings. The molecule has 8 heteroatoms. The van der Waals surface area contributed by atoms with Gasteiger partial charge in [-0.15, -0.1) is 0 Å². The zero-order valence-corrected chi connectivity index (χ0v) is 15.9. The molecule has 0 aliphatic heterocycles. The minimum atomic E-state index is -3.60. The molecule has 0 fully saturated rings. The van der Waals surface area contributed by atoms with Gasteiger partial charge in [-0.05, 0) is 24.6 Å². The van der Waals surface area contributed by atoms with Crippen molar-refractivity contribution < 1.29 is 18.0 Å². The zero-order valence-electron chi connectivity index (χ0n) is 13.5. The van der Waals surface area contributed by atoms with Crippen LogP contribution in [0.25, 0.3) is 0 Å². The number of nitrogens with zero attached hydrogens (tertiary/aromatic N) is 2. The van der Waals surface area contributed by atoms with Gasteiger partial charge >= 0.3 is 0 Å². The maximum absolute atomic E-state index is 12.2. The van der Waals surface area contributed by atoms with Crippen LogP contribution in [0.3, 0.4) is 0 Å². The normalized spacial score (nSPS) is 11.1. The van der Waals surface area contributed by atoms with E-state index in [4.69, 9.17) is 0 Å². The minimum Gasteiger partial charge on any atom is -0.347 e. The van der Waals surface area contributed by atoms with Gasteiger partial charge in [0.2, 0.25) is 11.8 Å². The molecule has 1 aromatic carbocycles. The Kier molecular flexibility index (Phi) is 7.21. The van der Waals surface area contributed by atoms with Crippen LogP contribution in [0.15, 0.2) is 28.7 Å². The van der Waals surface area contributed by atoms with Crippen LogP contribution in [-0.2, 0) is 25.2 Å². The van der Waals surface area contributed by atoms with Crippen LogP contribution in [0.1, 0.15) is 12.5 Å². The Labute approximate surface area is 145 Å². The molecule has 6 nitrogen and oxygen atoms in total. The number of sulfone groups is 1. The summed E-state index contributed by atoms with van der Waals surface area (Å²) < 4.78 is 25.2. The average molecular weight is 405 g/mol. The predicted octanol–water partition coefficient (Wildman–Crippen LogP) is 1.30. The summed E-state index contributed by atoms with van der Waals surface area (Å²) in [6.07, 6.45) is 0. The van der Waals surface area contributed by atoms with Gasteiger partial charge in [0.05, 0.1) is 12.3 Å². The fraction of sp³-hybridized carbons (Fsp3) is 0.467. The summed E-state index contributed by atoms with van der Waals surface area (Å²) in [7, 11) is -0.423. The maximum Gasteiger partial charge on any atom is 0.241 e. The van der Waals surface area contributed by atoms with Crippen LogP contribution in [-0.4, -0.2) is 63.0 Å². The van der Waals surface area contributed by atoms with Crippen LogP contribution in [0.5, 0.6) is 0 Å². The lowest BCUT2D eigenvalue weighted by Crippen LogP contribution is -2.42.